The predicted octanol–water partition coefficient (Wildman–Crippen LogP) is 3.96. The quantitative estimate of drug-likeness (QED) is 0.789. The van der Waals surface area contributed by atoms with Gasteiger partial charge in [-0.05, 0) is 24.0 Å². The molecular weight excluding hydrogens is 359 g/mol. The molecule has 1 aromatic carbocycles. The van der Waals surface area contributed by atoms with Gasteiger partial charge < -0.3 is 10.1 Å². The van der Waals surface area contributed by atoms with E-state index in [2.05, 4.69) is 33.9 Å². The molecule has 2 aromatic rings. The molecule has 0 bridgehead atoms. The number of alkyl halides is 3. The number of amides is 1. The van der Waals surface area contributed by atoms with Crippen LogP contribution in [0.4, 0.5) is 13.2 Å². The van der Waals surface area contributed by atoms with E-state index in [0.717, 1.165) is 11.8 Å². The maximum Gasteiger partial charge on any atom is 0.422 e. The Balaban J connectivity index is 1.88. The van der Waals surface area contributed by atoms with Crippen molar-refractivity contribution in [1.29, 1.82) is 0 Å². The van der Waals surface area contributed by atoms with Gasteiger partial charge in [0.25, 0.3) is 0 Å². The zero-order valence-electron chi connectivity index (χ0n) is 15.4. The molecule has 5 nitrogen and oxygen atoms in total. The van der Waals surface area contributed by atoms with Crippen molar-refractivity contribution in [3.63, 3.8) is 0 Å². The first kappa shape index (κ1) is 20.7. The number of hydrogen-bond acceptors (Lipinski definition) is 4. The van der Waals surface area contributed by atoms with E-state index in [1.807, 2.05) is 24.3 Å². The van der Waals surface area contributed by atoms with Gasteiger partial charge in [-0.2, -0.15) is 13.2 Å². The summed E-state index contributed by atoms with van der Waals surface area (Å²) in [6.07, 6.45) is -1.82. The third-order valence-electron chi connectivity index (χ3n) is 3.86. The number of ether oxygens (including phenoxy) is 1. The summed E-state index contributed by atoms with van der Waals surface area (Å²) in [5, 5.41) is 2.80. The summed E-state index contributed by atoms with van der Waals surface area (Å²) in [6.45, 7) is 4.50. The largest absolute Gasteiger partial charge is 0.467 e. The van der Waals surface area contributed by atoms with Crippen LogP contribution >= 0.6 is 0 Å². The number of carbonyl (C=O) groups excluding carboxylic acids is 1. The molecule has 1 unspecified atom stereocenters. The number of benzene rings is 1. The topological polar surface area (TPSA) is 64.1 Å². The van der Waals surface area contributed by atoms with E-state index in [-0.39, 0.29) is 18.2 Å². The smallest absolute Gasteiger partial charge is 0.422 e. The molecule has 1 amide bonds. The monoisotopic (exact) mass is 381 g/mol. The van der Waals surface area contributed by atoms with E-state index in [4.69, 9.17) is 0 Å². The molecule has 0 saturated carbocycles. The van der Waals surface area contributed by atoms with Crippen LogP contribution in [0.25, 0.3) is 0 Å². The molecule has 0 aliphatic carbocycles. The molecule has 0 aliphatic heterocycles. The second kappa shape index (κ2) is 8.83. The van der Waals surface area contributed by atoms with Crippen molar-refractivity contribution in [3.8, 4) is 5.88 Å². The van der Waals surface area contributed by atoms with Gasteiger partial charge in [-0.15, -0.1) is 0 Å². The highest BCUT2D eigenvalue weighted by atomic mass is 19.4. The summed E-state index contributed by atoms with van der Waals surface area (Å²) < 4.78 is 40.8. The SMILES string of the molecule is CC(C)c1ccc(CC(=O)NC(C)c2cnc(OCC(F)(F)F)cn2)cc1. The van der Waals surface area contributed by atoms with Gasteiger partial charge in [-0.1, -0.05) is 38.1 Å². The standard InChI is InChI=1S/C19H22F3N3O2/c1-12(2)15-6-4-14(5-7-15)8-17(26)25-13(3)16-9-24-18(10-23-16)27-11-19(20,21)22/h4-7,9-10,12-13H,8,11H2,1-3H3,(H,25,26). The minimum absolute atomic E-state index is 0.181. The Kier molecular flexibility index (Phi) is 6.76. The van der Waals surface area contributed by atoms with Gasteiger partial charge in [0.05, 0.1) is 30.6 Å². The van der Waals surface area contributed by atoms with Crippen LogP contribution in [0, 0.1) is 0 Å². The molecule has 1 heterocycles. The number of halogens is 3. The minimum atomic E-state index is -4.44. The molecule has 2 rings (SSSR count). The molecular formula is C19H22F3N3O2. The van der Waals surface area contributed by atoms with Crippen LogP contribution in [0.1, 0.15) is 49.6 Å². The van der Waals surface area contributed by atoms with Crippen molar-refractivity contribution >= 4 is 5.91 Å². The highest BCUT2D eigenvalue weighted by Gasteiger charge is 2.28. The first-order valence-electron chi connectivity index (χ1n) is 8.53. The lowest BCUT2D eigenvalue weighted by atomic mass is 10.0. The third-order valence-corrected chi connectivity index (χ3v) is 3.86. The highest BCUT2D eigenvalue weighted by molar-refractivity contribution is 5.78. The lowest BCUT2D eigenvalue weighted by molar-refractivity contribution is -0.154. The number of hydrogen-bond donors (Lipinski definition) is 1. The molecule has 0 spiro atoms. The van der Waals surface area contributed by atoms with Crippen molar-refractivity contribution in [3.05, 3.63) is 53.5 Å². The van der Waals surface area contributed by atoms with Crippen LogP contribution in [0.2, 0.25) is 0 Å². The second-order valence-corrected chi connectivity index (χ2v) is 6.55. The average molecular weight is 381 g/mol. The van der Waals surface area contributed by atoms with Crippen LogP contribution < -0.4 is 10.1 Å². The van der Waals surface area contributed by atoms with E-state index < -0.39 is 18.8 Å². The second-order valence-electron chi connectivity index (χ2n) is 6.55. The molecule has 0 radical (unpaired) electrons. The van der Waals surface area contributed by atoms with Crippen LogP contribution in [-0.4, -0.2) is 28.7 Å². The van der Waals surface area contributed by atoms with Crippen molar-refractivity contribution in [1.82, 2.24) is 15.3 Å². The Hall–Kier alpha value is -2.64. The number of rotatable bonds is 7. The minimum Gasteiger partial charge on any atom is -0.467 e. The summed E-state index contributed by atoms with van der Waals surface area (Å²) in [5.41, 5.74) is 2.53. The zero-order chi connectivity index (χ0) is 20.0. The zero-order valence-corrected chi connectivity index (χ0v) is 15.4. The van der Waals surface area contributed by atoms with E-state index >= 15 is 0 Å². The van der Waals surface area contributed by atoms with Crippen molar-refractivity contribution < 1.29 is 22.7 Å². The van der Waals surface area contributed by atoms with Gasteiger partial charge in [0.2, 0.25) is 11.8 Å². The maximum absolute atomic E-state index is 12.2. The van der Waals surface area contributed by atoms with Gasteiger partial charge in [-0.25, -0.2) is 4.98 Å². The lowest BCUT2D eigenvalue weighted by Crippen LogP contribution is -2.28. The first-order valence-corrected chi connectivity index (χ1v) is 8.53. The number of carbonyl (C=O) groups is 1. The highest BCUT2D eigenvalue weighted by Crippen LogP contribution is 2.18. The van der Waals surface area contributed by atoms with Gasteiger partial charge in [-0.3, -0.25) is 9.78 Å². The average Bonchev–Trinajstić information content (AvgIpc) is 2.60. The van der Waals surface area contributed by atoms with Crippen molar-refractivity contribution in [2.75, 3.05) is 6.61 Å². The van der Waals surface area contributed by atoms with Gasteiger partial charge in [0.1, 0.15) is 0 Å². The molecule has 8 heteroatoms. The Morgan fingerprint density at radius 3 is 2.30 bits per heavy atom. The summed E-state index contributed by atoms with van der Waals surface area (Å²) in [6, 6.07) is 7.42. The summed E-state index contributed by atoms with van der Waals surface area (Å²) in [4.78, 5) is 20.0. The molecule has 1 atom stereocenters. The molecule has 146 valence electrons. The normalized spacial score (nSPS) is 12.7. The molecule has 0 aliphatic rings. The fraction of sp³-hybridized carbons (Fsp3) is 0.421. The number of nitrogens with zero attached hydrogens (tertiary/aromatic N) is 2. The molecule has 1 aromatic heterocycles. The Morgan fingerprint density at radius 2 is 1.78 bits per heavy atom. The Labute approximate surface area is 156 Å². The van der Waals surface area contributed by atoms with Crippen molar-refractivity contribution in [2.45, 2.75) is 45.3 Å². The Morgan fingerprint density at radius 1 is 1.11 bits per heavy atom. The van der Waals surface area contributed by atoms with E-state index in [9.17, 15) is 18.0 Å². The number of aromatic nitrogens is 2. The van der Waals surface area contributed by atoms with Crippen LogP contribution in [0.15, 0.2) is 36.7 Å². The predicted molar refractivity (Wildman–Crippen MR) is 94.4 cm³/mol. The summed E-state index contributed by atoms with van der Waals surface area (Å²) >= 11 is 0. The molecule has 27 heavy (non-hydrogen) atoms. The number of nitrogens with one attached hydrogen (secondary N) is 1. The third kappa shape index (κ3) is 6.88. The molecule has 1 N–H and O–H groups in total. The van der Waals surface area contributed by atoms with Crippen molar-refractivity contribution in [2.24, 2.45) is 0 Å². The van der Waals surface area contributed by atoms with Gasteiger partial charge in [0.15, 0.2) is 6.61 Å². The van der Waals surface area contributed by atoms with Crippen LogP contribution in [0.3, 0.4) is 0 Å². The fourth-order valence-corrected chi connectivity index (χ4v) is 2.35. The summed E-state index contributed by atoms with van der Waals surface area (Å²) in [7, 11) is 0. The maximum atomic E-state index is 12.2. The van der Waals surface area contributed by atoms with Crippen LogP contribution in [0.5, 0.6) is 5.88 Å². The fourth-order valence-electron chi connectivity index (χ4n) is 2.35. The van der Waals surface area contributed by atoms with E-state index in [0.29, 0.717) is 11.6 Å². The molecule has 0 fully saturated rings. The molecule has 0 saturated heterocycles. The van der Waals surface area contributed by atoms with Gasteiger partial charge >= 0.3 is 6.18 Å². The van der Waals surface area contributed by atoms with Gasteiger partial charge in [0, 0.05) is 0 Å². The first-order chi connectivity index (χ1) is 12.6. The lowest BCUT2D eigenvalue weighted by Gasteiger charge is -2.14. The summed E-state index contributed by atoms with van der Waals surface area (Å²) in [5.74, 6) is 0.0217. The Bertz CT molecular complexity index is 744. The van der Waals surface area contributed by atoms with Crippen LogP contribution in [-0.2, 0) is 11.2 Å². The van der Waals surface area contributed by atoms with E-state index in [1.165, 1.54) is 11.8 Å². The van der Waals surface area contributed by atoms with E-state index in [1.54, 1.807) is 6.92 Å².